The largest absolute Gasteiger partial charge is 0.293 e. The molecule has 17 heavy (non-hydrogen) atoms. The van der Waals surface area contributed by atoms with Gasteiger partial charge in [-0.05, 0) is 18.1 Å². The lowest BCUT2D eigenvalue weighted by Crippen LogP contribution is -2.18. The van der Waals surface area contributed by atoms with Crippen molar-refractivity contribution >= 4 is 11.5 Å². The number of ketones is 1. The quantitative estimate of drug-likeness (QED) is 0.453. The summed E-state index contributed by atoms with van der Waals surface area (Å²) in [7, 11) is 0. The topological polar surface area (TPSA) is 84.0 Å². The van der Waals surface area contributed by atoms with Crippen LogP contribution in [0.3, 0.4) is 0 Å². The minimum absolute atomic E-state index is 0.0698. The predicted molar refractivity (Wildman–Crippen MR) is 61.4 cm³/mol. The van der Waals surface area contributed by atoms with E-state index < -0.39 is 10.8 Å². The molecule has 5 nitrogen and oxygen atoms in total. The SMILES string of the molecule is CC(C)C(C#N)C(=O)c1ccc([N+](=O)[O-])cc1. The fraction of sp³-hybridized carbons (Fsp3) is 0.333. The molecule has 88 valence electrons. The Bertz CT molecular complexity index is 472. The summed E-state index contributed by atoms with van der Waals surface area (Å²) in [6.45, 7) is 3.58. The molecule has 0 saturated heterocycles. The summed E-state index contributed by atoms with van der Waals surface area (Å²) in [4.78, 5) is 21.8. The van der Waals surface area contributed by atoms with E-state index in [0.717, 1.165) is 0 Å². The lowest BCUT2D eigenvalue weighted by atomic mass is 9.89. The van der Waals surface area contributed by atoms with Crippen LogP contribution in [0.15, 0.2) is 24.3 Å². The summed E-state index contributed by atoms with van der Waals surface area (Å²) < 4.78 is 0. The van der Waals surface area contributed by atoms with E-state index in [1.165, 1.54) is 24.3 Å². The number of Topliss-reactive ketones (excluding diaryl/α,β-unsaturated/α-hetero) is 1. The van der Waals surface area contributed by atoms with Crippen LogP contribution in [0.4, 0.5) is 5.69 Å². The number of hydrogen-bond acceptors (Lipinski definition) is 4. The third-order valence-electron chi connectivity index (χ3n) is 2.45. The Balaban J connectivity index is 2.98. The van der Waals surface area contributed by atoms with Crippen LogP contribution >= 0.6 is 0 Å². The van der Waals surface area contributed by atoms with Crippen molar-refractivity contribution in [2.45, 2.75) is 13.8 Å². The molecule has 0 aliphatic carbocycles. The average Bonchev–Trinajstić information content (AvgIpc) is 2.29. The molecule has 0 radical (unpaired) electrons. The number of nitrogens with zero attached hydrogens (tertiary/aromatic N) is 2. The first-order chi connectivity index (χ1) is 7.97. The van der Waals surface area contributed by atoms with Gasteiger partial charge in [0.2, 0.25) is 0 Å². The van der Waals surface area contributed by atoms with Crippen molar-refractivity contribution in [2.75, 3.05) is 0 Å². The predicted octanol–water partition coefficient (Wildman–Crippen LogP) is 2.57. The van der Waals surface area contributed by atoms with Crippen LogP contribution in [0, 0.1) is 33.3 Å². The van der Waals surface area contributed by atoms with Crippen molar-refractivity contribution in [3.63, 3.8) is 0 Å². The van der Waals surface area contributed by atoms with Crippen LogP contribution < -0.4 is 0 Å². The van der Waals surface area contributed by atoms with Gasteiger partial charge in [-0.25, -0.2) is 0 Å². The van der Waals surface area contributed by atoms with Crippen molar-refractivity contribution in [3.8, 4) is 6.07 Å². The molecule has 0 aliphatic rings. The minimum Gasteiger partial charge on any atom is -0.293 e. The van der Waals surface area contributed by atoms with E-state index in [4.69, 9.17) is 5.26 Å². The molecular formula is C12H12N2O3. The monoisotopic (exact) mass is 232 g/mol. The van der Waals surface area contributed by atoms with Gasteiger partial charge in [-0.3, -0.25) is 14.9 Å². The van der Waals surface area contributed by atoms with Crippen LogP contribution in [-0.4, -0.2) is 10.7 Å². The minimum atomic E-state index is -0.712. The highest BCUT2D eigenvalue weighted by Gasteiger charge is 2.23. The van der Waals surface area contributed by atoms with E-state index in [1.807, 2.05) is 6.07 Å². The van der Waals surface area contributed by atoms with Gasteiger partial charge in [-0.2, -0.15) is 5.26 Å². The molecule has 1 atom stereocenters. The number of rotatable bonds is 4. The summed E-state index contributed by atoms with van der Waals surface area (Å²) in [6, 6.07) is 7.25. The lowest BCUT2D eigenvalue weighted by Gasteiger charge is -2.11. The summed E-state index contributed by atoms with van der Waals surface area (Å²) in [5.41, 5.74) is 0.260. The number of carbonyl (C=O) groups excluding carboxylic acids is 1. The molecule has 0 N–H and O–H groups in total. The molecule has 1 rings (SSSR count). The van der Waals surface area contributed by atoms with Crippen LogP contribution in [0.5, 0.6) is 0 Å². The van der Waals surface area contributed by atoms with Gasteiger partial charge in [-0.15, -0.1) is 0 Å². The Labute approximate surface area is 98.8 Å². The fourth-order valence-electron chi connectivity index (χ4n) is 1.44. The third-order valence-corrected chi connectivity index (χ3v) is 2.45. The van der Waals surface area contributed by atoms with Crippen LogP contribution in [0.25, 0.3) is 0 Å². The van der Waals surface area contributed by atoms with E-state index in [1.54, 1.807) is 13.8 Å². The zero-order valence-electron chi connectivity index (χ0n) is 9.58. The van der Waals surface area contributed by atoms with Gasteiger partial charge >= 0.3 is 0 Å². The van der Waals surface area contributed by atoms with E-state index in [0.29, 0.717) is 5.56 Å². The fourth-order valence-corrected chi connectivity index (χ4v) is 1.44. The number of carbonyl (C=O) groups is 1. The normalized spacial score (nSPS) is 11.9. The van der Waals surface area contributed by atoms with Crippen molar-refractivity contribution in [1.82, 2.24) is 0 Å². The Morgan fingerprint density at radius 1 is 1.35 bits per heavy atom. The molecule has 0 aliphatic heterocycles. The molecule has 0 amide bonds. The molecular weight excluding hydrogens is 220 g/mol. The molecule has 0 heterocycles. The number of hydrogen-bond donors (Lipinski definition) is 0. The number of benzene rings is 1. The number of nitro benzene ring substituents is 1. The van der Waals surface area contributed by atoms with Gasteiger partial charge < -0.3 is 0 Å². The molecule has 0 fully saturated rings. The second kappa shape index (κ2) is 5.21. The molecule has 0 aromatic heterocycles. The van der Waals surface area contributed by atoms with E-state index in [9.17, 15) is 14.9 Å². The van der Waals surface area contributed by atoms with Crippen LogP contribution in [0.2, 0.25) is 0 Å². The van der Waals surface area contributed by atoms with Crippen molar-refractivity contribution in [3.05, 3.63) is 39.9 Å². The molecule has 5 heteroatoms. The maximum absolute atomic E-state index is 11.9. The van der Waals surface area contributed by atoms with Crippen LogP contribution in [-0.2, 0) is 0 Å². The van der Waals surface area contributed by atoms with Crippen molar-refractivity contribution in [1.29, 1.82) is 5.26 Å². The average molecular weight is 232 g/mol. The Hall–Kier alpha value is -2.22. The number of nitro groups is 1. The first-order valence-corrected chi connectivity index (χ1v) is 5.15. The van der Waals surface area contributed by atoms with E-state index in [2.05, 4.69) is 0 Å². The van der Waals surface area contributed by atoms with Crippen molar-refractivity contribution < 1.29 is 9.72 Å². The molecule has 0 saturated carbocycles. The maximum atomic E-state index is 11.9. The zero-order valence-corrected chi connectivity index (χ0v) is 9.58. The molecule has 0 spiro atoms. The van der Waals surface area contributed by atoms with Gasteiger partial charge in [0.15, 0.2) is 5.78 Å². The Kier molecular flexibility index (Phi) is 3.94. The molecule has 1 unspecified atom stereocenters. The van der Waals surface area contributed by atoms with Gasteiger partial charge in [0.05, 0.1) is 11.0 Å². The van der Waals surface area contributed by atoms with E-state index in [-0.39, 0.29) is 17.4 Å². The Morgan fingerprint density at radius 2 is 1.88 bits per heavy atom. The summed E-state index contributed by atoms with van der Waals surface area (Å²) in [5.74, 6) is -1.09. The second-order valence-corrected chi connectivity index (χ2v) is 4.02. The summed E-state index contributed by atoms with van der Waals surface area (Å²) >= 11 is 0. The molecule has 1 aromatic carbocycles. The standard InChI is InChI=1S/C12H12N2O3/c1-8(2)11(7-13)12(15)9-3-5-10(6-4-9)14(16)17/h3-6,8,11H,1-2H3. The smallest absolute Gasteiger partial charge is 0.269 e. The highest BCUT2D eigenvalue weighted by molar-refractivity contribution is 5.99. The Morgan fingerprint density at radius 3 is 2.24 bits per heavy atom. The van der Waals surface area contributed by atoms with E-state index >= 15 is 0 Å². The highest BCUT2D eigenvalue weighted by Crippen LogP contribution is 2.19. The summed E-state index contributed by atoms with van der Waals surface area (Å²) in [5, 5.41) is 19.3. The third kappa shape index (κ3) is 2.88. The van der Waals surface area contributed by atoms with Crippen molar-refractivity contribution in [2.24, 2.45) is 11.8 Å². The van der Waals surface area contributed by atoms with Gasteiger partial charge in [-0.1, -0.05) is 13.8 Å². The zero-order chi connectivity index (χ0) is 13.0. The number of nitriles is 1. The summed E-state index contributed by atoms with van der Waals surface area (Å²) in [6.07, 6.45) is 0. The number of non-ortho nitro benzene ring substituents is 1. The first kappa shape index (κ1) is 12.8. The highest BCUT2D eigenvalue weighted by atomic mass is 16.6. The second-order valence-electron chi connectivity index (χ2n) is 4.02. The lowest BCUT2D eigenvalue weighted by molar-refractivity contribution is -0.384. The van der Waals surface area contributed by atoms with Gasteiger partial charge in [0.25, 0.3) is 5.69 Å². The maximum Gasteiger partial charge on any atom is 0.269 e. The van der Waals surface area contributed by atoms with Gasteiger partial charge in [0, 0.05) is 17.7 Å². The molecule has 0 bridgehead atoms. The first-order valence-electron chi connectivity index (χ1n) is 5.15. The molecule has 1 aromatic rings. The van der Waals surface area contributed by atoms with Gasteiger partial charge in [0.1, 0.15) is 5.92 Å². The van der Waals surface area contributed by atoms with Crippen LogP contribution in [0.1, 0.15) is 24.2 Å².